The minimum atomic E-state index is 0. The summed E-state index contributed by atoms with van der Waals surface area (Å²) >= 11 is 6.04. The molecule has 0 radical (unpaired) electrons. The lowest BCUT2D eigenvalue weighted by Gasteiger charge is -2.34. The predicted molar refractivity (Wildman–Crippen MR) is 135 cm³/mol. The van der Waals surface area contributed by atoms with Gasteiger partial charge in [-0.15, -0.1) is 24.0 Å². The Labute approximate surface area is 201 Å². The van der Waals surface area contributed by atoms with Gasteiger partial charge in [0.2, 0.25) is 5.91 Å². The second-order valence-corrected chi connectivity index (χ2v) is 7.81. The molecule has 5 nitrogen and oxygen atoms in total. The Morgan fingerprint density at radius 3 is 2.43 bits per heavy atom. The maximum absolute atomic E-state index is 11.6. The molecule has 0 aromatic heterocycles. The molecular formula is C23H30ClIN4O. The number of hydrogen-bond acceptors (Lipinski definition) is 2. The normalized spacial score (nSPS) is 14.8. The molecule has 0 spiro atoms. The summed E-state index contributed by atoms with van der Waals surface area (Å²) in [5.41, 5.74) is 3.55. The number of halogens is 2. The molecule has 0 saturated carbocycles. The van der Waals surface area contributed by atoms with Crippen molar-refractivity contribution in [2.24, 2.45) is 10.9 Å². The first-order valence-corrected chi connectivity index (χ1v) is 10.5. The smallest absolute Gasteiger partial charge is 0.220 e. The first-order chi connectivity index (χ1) is 14.1. The zero-order chi connectivity index (χ0) is 20.6. The quantitative estimate of drug-likeness (QED) is 0.332. The van der Waals surface area contributed by atoms with Crippen molar-refractivity contribution in [2.45, 2.75) is 25.8 Å². The zero-order valence-electron chi connectivity index (χ0n) is 17.5. The number of nitrogens with zero attached hydrogens (tertiary/aromatic N) is 2. The van der Waals surface area contributed by atoms with Crippen molar-refractivity contribution in [1.82, 2.24) is 15.5 Å². The number of rotatable bonds is 5. The number of amides is 1. The maximum Gasteiger partial charge on any atom is 0.220 e. The average Bonchev–Trinajstić information content (AvgIpc) is 2.76. The molecule has 2 aromatic rings. The van der Waals surface area contributed by atoms with Gasteiger partial charge in [0, 0.05) is 45.2 Å². The van der Waals surface area contributed by atoms with Crippen LogP contribution in [0.4, 0.5) is 0 Å². The van der Waals surface area contributed by atoms with Gasteiger partial charge in [-0.1, -0.05) is 48.0 Å². The number of carbonyl (C=O) groups excluding carboxylic acids is 1. The summed E-state index contributed by atoms with van der Waals surface area (Å²) in [5, 5.41) is 6.98. The number of hydrogen-bond donors (Lipinski definition) is 2. The van der Waals surface area contributed by atoms with Gasteiger partial charge < -0.3 is 15.5 Å². The fourth-order valence-corrected chi connectivity index (χ4v) is 3.93. The van der Waals surface area contributed by atoms with Crippen molar-refractivity contribution in [3.8, 4) is 11.1 Å². The van der Waals surface area contributed by atoms with E-state index in [2.05, 4.69) is 44.8 Å². The van der Waals surface area contributed by atoms with Gasteiger partial charge in [-0.25, -0.2) is 0 Å². The van der Waals surface area contributed by atoms with E-state index in [0.717, 1.165) is 42.5 Å². The average molecular weight is 541 g/mol. The fraction of sp³-hybridized carbons (Fsp3) is 0.391. The Bertz CT molecular complexity index is 849. The lowest BCUT2D eigenvalue weighted by atomic mass is 9.93. The van der Waals surface area contributed by atoms with Gasteiger partial charge in [-0.3, -0.25) is 9.79 Å². The van der Waals surface area contributed by atoms with E-state index in [9.17, 15) is 4.79 Å². The van der Waals surface area contributed by atoms with Gasteiger partial charge in [0.25, 0.3) is 0 Å². The third-order valence-corrected chi connectivity index (χ3v) is 5.74. The molecule has 1 amide bonds. The highest BCUT2D eigenvalue weighted by molar-refractivity contribution is 14.0. The Balaban J connectivity index is 0.00000320. The van der Waals surface area contributed by atoms with E-state index in [-0.39, 0.29) is 29.9 Å². The predicted octanol–water partition coefficient (Wildman–Crippen LogP) is 4.55. The molecule has 1 fully saturated rings. The second-order valence-electron chi connectivity index (χ2n) is 7.37. The van der Waals surface area contributed by atoms with E-state index < -0.39 is 0 Å². The Morgan fingerprint density at radius 2 is 1.80 bits per heavy atom. The highest BCUT2D eigenvalue weighted by Crippen LogP contribution is 2.25. The number of piperidine rings is 1. The third-order valence-electron chi connectivity index (χ3n) is 5.49. The number of carbonyl (C=O) groups is 1. The summed E-state index contributed by atoms with van der Waals surface area (Å²) in [7, 11) is 3.52. The summed E-state index contributed by atoms with van der Waals surface area (Å²) in [6.07, 6.45) is 2.63. The van der Waals surface area contributed by atoms with Crippen LogP contribution in [0.1, 0.15) is 24.8 Å². The molecule has 1 aliphatic rings. The summed E-state index contributed by atoms with van der Waals surface area (Å²) in [5.74, 6) is 1.49. The van der Waals surface area contributed by atoms with Crippen molar-refractivity contribution < 1.29 is 4.79 Å². The molecule has 0 unspecified atom stereocenters. The molecular weight excluding hydrogens is 511 g/mol. The summed E-state index contributed by atoms with van der Waals surface area (Å²) < 4.78 is 0. The molecule has 0 aliphatic carbocycles. The van der Waals surface area contributed by atoms with Crippen LogP contribution in [0.15, 0.2) is 53.5 Å². The summed E-state index contributed by atoms with van der Waals surface area (Å²) in [6.45, 7) is 2.53. The minimum Gasteiger partial charge on any atom is -0.359 e. The molecule has 2 aromatic carbocycles. The van der Waals surface area contributed by atoms with E-state index >= 15 is 0 Å². The Hall–Kier alpha value is -1.80. The number of nitrogens with one attached hydrogen (secondary N) is 2. The monoisotopic (exact) mass is 540 g/mol. The topological polar surface area (TPSA) is 56.7 Å². The standard InChI is InChI=1S/C23H29ClN4O.HI/c1-25-22(29)15-17-11-13-28(14-12-17)23(26-2)27-16-19-5-3-4-6-21(19)18-7-9-20(24)10-8-18;/h3-10,17H,11-16H2,1-2H3,(H,25,29)(H,26,27);1H. The fourth-order valence-electron chi connectivity index (χ4n) is 3.81. The van der Waals surface area contributed by atoms with Crippen molar-refractivity contribution >= 4 is 47.4 Å². The van der Waals surface area contributed by atoms with Crippen LogP contribution in [0, 0.1) is 5.92 Å². The highest BCUT2D eigenvalue weighted by atomic mass is 127. The molecule has 1 aliphatic heterocycles. The van der Waals surface area contributed by atoms with Crippen molar-refractivity contribution in [2.75, 3.05) is 27.2 Å². The van der Waals surface area contributed by atoms with E-state index in [0.29, 0.717) is 18.9 Å². The largest absolute Gasteiger partial charge is 0.359 e. The van der Waals surface area contributed by atoms with E-state index in [4.69, 9.17) is 11.6 Å². The number of benzene rings is 2. The molecule has 2 N–H and O–H groups in total. The Morgan fingerprint density at radius 1 is 1.13 bits per heavy atom. The summed E-state index contributed by atoms with van der Waals surface area (Å²) in [6, 6.07) is 16.3. The van der Waals surface area contributed by atoms with Crippen LogP contribution < -0.4 is 10.6 Å². The van der Waals surface area contributed by atoms with Crippen LogP contribution >= 0.6 is 35.6 Å². The first kappa shape index (κ1) is 24.5. The van der Waals surface area contributed by atoms with E-state index in [1.807, 2.05) is 31.3 Å². The molecule has 1 saturated heterocycles. The number of likely N-dealkylation sites (tertiary alicyclic amines) is 1. The van der Waals surface area contributed by atoms with Crippen LogP contribution in [-0.4, -0.2) is 44.0 Å². The lowest BCUT2D eigenvalue weighted by molar-refractivity contribution is -0.121. The van der Waals surface area contributed by atoms with Gasteiger partial charge in [0.1, 0.15) is 0 Å². The Kier molecular flexibility index (Phi) is 9.91. The molecule has 0 atom stereocenters. The highest BCUT2D eigenvalue weighted by Gasteiger charge is 2.23. The van der Waals surface area contributed by atoms with Gasteiger partial charge in [0.05, 0.1) is 0 Å². The van der Waals surface area contributed by atoms with Gasteiger partial charge in [0.15, 0.2) is 5.96 Å². The lowest BCUT2D eigenvalue weighted by Crippen LogP contribution is -2.45. The van der Waals surface area contributed by atoms with Gasteiger partial charge in [-0.05, 0) is 47.6 Å². The van der Waals surface area contributed by atoms with E-state index in [1.54, 1.807) is 7.05 Å². The van der Waals surface area contributed by atoms with Crippen LogP contribution in [0.2, 0.25) is 5.02 Å². The molecule has 0 bridgehead atoms. The van der Waals surface area contributed by atoms with Crippen molar-refractivity contribution in [1.29, 1.82) is 0 Å². The molecule has 162 valence electrons. The summed E-state index contributed by atoms with van der Waals surface area (Å²) in [4.78, 5) is 18.4. The van der Waals surface area contributed by atoms with Crippen molar-refractivity contribution in [3.63, 3.8) is 0 Å². The van der Waals surface area contributed by atoms with Crippen LogP contribution in [-0.2, 0) is 11.3 Å². The SMILES string of the molecule is CN=C(NCc1ccccc1-c1ccc(Cl)cc1)N1CCC(CC(=O)NC)CC1.I. The van der Waals surface area contributed by atoms with Gasteiger partial charge >= 0.3 is 0 Å². The second kappa shape index (κ2) is 12.2. The maximum atomic E-state index is 11.6. The third kappa shape index (κ3) is 6.60. The molecule has 7 heteroatoms. The van der Waals surface area contributed by atoms with Crippen LogP contribution in [0.5, 0.6) is 0 Å². The molecule has 1 heterocycles. The minimum absolute atomic E-state index is 0. The number of guanidine groups is 1. The molecule has 30 heavy (non-hydrogen) atoms. The van der Waals surface area contributed by atoms with Gasteiger partial charge in [-0.2, -0.15) is 0 Å². The molecule has 3 rings (SSSR count). The first-order valence-electron chi connectivity index (χ1n) is 10.1. The zero-order valence-corrected chi connectivity index (χ0v) is 20.6. The van der Waals surface area contributed by atoms with E-state index in [1.165, 1.54) is 11.1 Å². The van der Waals surface area contributed by atoms with Crippen LogP contribution in [0.3, 0.4) is 0 Å². The van der Waals surface area contributed by atoms with Crippen molar-refractivity contribution in [3.05, 3.63) is 59.1 Å². The number of aliphatic imine (C=N–C) groups is 1. The van der Waals surface area contributed by atoms with Crippen LogP contribution in [0.25, 0.3) is 11.1 Å².